The van der Waals surface area contributed by atoms with Crippen LogP contribution in [-0.2, 0) is 6.54 Å². The third-order valence-electron chi connectivity index (χ3n) is 7.78. The average molecular weight is 491 g/mol. The Balaban J connectivity index is 1.43. The summed E-state index contributed by atoms with van der Waals surface area (Å²) in [5, 5.41) is 8.90. The first kappa shape index (κ1) is 22.2. The number of fused-ring (bicyclic) bond motifs is 6. The third-order valence-corrected chi connectivity index (χ3v) is 8.14. The topological polar surface area (TPSA) is 99.5 Å². The van der Waals surface area contributed by atoms with Gasteiger partial charge in [0.25, 0.3) is 0 Å². The molecule has 4 N–H and O–H groups in total. The number of rotatable bonds is 1. The van der Waals surface area contributed by atoms with Crippen molar-refractivity contribution in [2.24, 2.45) is 11.8 Å². The van der Waals surface area contributed by atoms with Crippen LogP contribution in [0.1, 0.15) is 30.0 Å². The second-order valence-electron chi connectivity index (χ2n) is 9.53. The number of piperidine rings is 1. The van der Waals surface area contributed by atoms with E-state index in [1.165, 1.54) is 0 Å². The number of likely N-dealkylation sites (tertiary alicyclic amines) is 1. The normalized spacial score (nSPS) is 23.1. The molecule has 0 aliphatic carbocycles. The number of ether oxygens (including phenoxy) is 1. The molecule has 0 saturated carbocycles. The maximum Gasteiger partial charge on any atom is 0.331 e. The van der Waals surface area contributed by atoms with Crippen molar-refractivity contribution in [3.63, 3.8) is 0 Å². The van der Waals surface area contributed by atoms with Gasteiger partial charge in [0.05, 0.1) is 16.7 Å². The van der Waals surface area contributed by atoms with Crippen LogP contribution >= 0.6 is 11.6 Å². The molecule has 3 aromatic rings. The van der Waals surface area contributed by atoms with Gasteiger partial charge in [-0.05, 0) is 49.4 Å². The number of nitrogens with one attached hydrogen (secondary N) is 2. The van der Waals surface area contributed by atoms with Gasteiger partial charge in [-0.15, -0.1) is 5.92 Å². The Morgan fingerprint density at radius 2 is 2.20 bits per heavy atom. The number of aromatic amines is 1. The lowest BCUT2D eigenvalue weighted by Gasteiger charge is -2.58. The van der Waals surface area contributed by atoms with Crippen molar-refractivity contribution >= 4 is 28.5 Å². The molecule has 3 aliphatic rings. The number of carbonyl (C=O) groups excluding carboxylic acids is 1. The van der Waals surface area contributed by atoms with Crippen LogP contribution in [0.15, 0.2) is 24.4 Å². The molecule has 0 radical (unpaired) electrons. The average Bonchev–Trinajstić information content (AvgIpc) is 3.27. The van der Waals surface area contributed by atoms with Crippen LogP contribution in [0, 0.1) is 24.7 Å². The monoisotopic (exact) mass is 490 g/mol. The van der Waals surface area contributed by atoms with Crippen LogP contribution in [0.3, 0.4) is 0 Å². The van der Waals surface area contributed by atoms with Gasteiger partial charge in [-0.3, -0.25) is 15.4 Å². The fourth-order valence-electron chi connectivity index (χ4n) is 6.13. The maximum atomic E-state index is 12.1. The van der Waals surface area contributed by atoms with Crippen LogP contribution in [0.25, 0.3) is 22.0 Å². The van der Waals surface area contributed by atoms with Gasteiger partial charge in [0, 0.05) is 53.8 Å². The van der Waals surface area contributed by atoms with Crippen LogP contribution in [-0.4, -0.2) is 57.8 Å². The molecule has 0 bridgehead atoms. The number of nitrogens with zero attached hydrogens (tertiary/aromatic N) is 3. The van der Waals surface area contributed by atoms with Crippen LogP contribution in [0.4, 0.5) is 4.79 Å². The van der Waals surface area contributed by atoms with Crippen molar-refractivity contribution in [3.05, 3.63) is 46.1 Å². The van der Waals surface area contributed by atoms with E-state index in [1.54, 1.807) is 4.90 Å². The highest BCUT2D eigenvalue weighted by Gasteiger charge is 2.52. The summed E-state index contributed by atoms with van der Waals surface area (Å²) in [4.78, 5) is 16.3. The molecule has 9 heteroatoms. The molecule has 2 amide bonds. The van der Waals surface area contributed by atoms with Gasteiger partial charge in [-0.2, -0.15) is 5.10 Å². The minimum Gasteiger partial charge on any atom is -0.490 e. The van der Waals surface area contributed by atoms with Gasteiger partial charge >= 0.3 is 6.03 Å². The Bertz CT molecular complexity index is 1410. The van der Waals surface area contributed by atoms with E-state index in [-0.39, 0.29) is 12.1 Å². The summed E-state index contributed by atoms with van der Waals surface area (Å²) in [6, 6.07) is 6.57. The molecular formula is C26H27ClN6O2. The number of aryl methyl sites for hydroxylation is 1. The molecule has 180 valence electrons. The van der Waals surface area contributed by atoms with Gasteiger partial charge < -0.3 is 9.64 Å². The largest absolute Gasteiger partial charge is 0.490 e. The van der Waals surface area contributed by atoms with E-state index in [2.05, 4.69) is 51.4 Å². The van der Waals surface area contributed by atoms with E-state index in [0.29, 0.717) is 43.2 Å². The van der Waals surface area contributed by atoms with E-state index in [9.17, 15) is 4.79 Å². The minimum absolute atomic E-state index is 0.227. The number of urea groups is 1. The molecule has 2 aromatic carbocycles. The van der Waals surface area contributed by atoms with Crippen molar-refractivity contribution in [1.29, 1.82) is 0 Å². The quantitative estimate of drug-likeness (QED) is 0.210. The smallest absolute Gasteiger partial charge is 0.331 e. The molecule has 2 fully saturated rings. The molecule has 6 rings (SSSR count). The van der Waals surface area contributed by atoms with Crippen molar-refractivity contribution in [1.82, 2.24) is 25.4 Å². The summed E-state index contributed by atoms with van der Waals surface area (Å²) in [6.45, 7) is 6.55. The van der Waals surface area contributed by atoms with Gasteiger partial charge in [0.15, 0.2) is 0 Å². The van der Waals surface area contributed by atoms with Gasteiger partial charge in [0.1, 0.15) is 12.4 Å². The second kappa shape index (κ2) is 8.45. The lowest BCUT2D eigenvalue weighted by molar-refractivity contribution is -0.106. The summed E-state index contributed by atoms with van der Waals surface area (Å²) in [5.74, 6) is 12.9. The number of benzene rings is 2. The number of hydrogen-bond acceptors (Lipinski definition) is 5. The van der Waals surface area contributed by atoms with Crippen molar-refractivity contribution in [2.45, 2.75) is 38.9 Å². The lowest BCUT2D eigenvalue weighted by atomic mass is 9.75. The number of carbonyl (C=O) groups is 1. The Labute approximate surface area is 208 Å². The summed E-state index contributed by atoms with van der Waals surface area (Å²) in [6.07, 6.45) is 2.77. The number of aromatic nitrogens is 2. The van der Waals surface area contributed by atoms with E-state index < -0.39 is 0 Å². The number of amides is 2. The molecule has 4 heterocycles. The zero-order valence-corrected chi connectivity index (χ0v) is 20.4. The summed E-state index contributed by atoms with van der Waals surface area (Å²) < 4.78 is 6.43. The first-order valence-corrected chi connectivity index (χ1v) is 12.2. The number of halogens is 1. The lowest BCUT2D eigenvalue weighted by Crippen LogP contribution is -2.71. The first-order chi connectivity index (χ1) is 17.0. The highest BCUT2D eigenvalue weighted by molar-refractivity contribution is 6.35. The number of hydrogen-bond donors (Lipinski definition) is 3. The van der Waals surface area contributed by atoms with Crippen molar-refractivity contribution in [3.8, 4) is 28.7 Å². The van der Waals surface area contributed by atoms with Gasteiger partial charge in [0.2, 0.25) is 0 Å². The summed E-state index contributed by atoms with van der Waals surface area (Å²) in [7, 11) is 0. The zero-order chi connectivity index (χ0) is 24.3. The molecule has 35 heavy (non-hydrogen) atoms. The van der Waals surface area contributed by atoms with Crippen molar-refractivity contribution < 1.29 is 9.53 Å². The SMILES string of the molecule is CC#Cc1cc2c(c(Cl)c1-c1c(C)ccc3[nH]ncc13)OCC1C3CCN(C(=O)NN)CC3N1C2. The molecule has 0 spiro atoms. The van der Waals surface area contributed by atoms with Gasteiger partial charge in [-0.25, -0.2) is 10.6 Å². The van der Waals surface area contributed by atoms with Crippen LogP contribution < -0.4 is 16.0 Å². The molecule has 3 atom stereocenters. The molecule has 8 nitrogen and oxygen atoms in total. The standard InChI is InChI=1S/C26H27ClN6O2/c1-3-4-15-9-16-11-33-20-12-32(26(34)30-28)8-7-17(20)21(33)13-35-25(16)24(27)23(15)22-14(2)5-6-19-18(22)10-29-31-19/h5-6,9-10,17,20-21H,7-8,11-13,28H2,1-2H3,(H,29,31)(H,30,34). The van der Waals surface area contributed by atoms with Gasteiger partial charge in [-0.1, -0.05) is 23.6 Å². The molecular weight excluding hydrogens is 464 g/mol. The first-order valence-electron chi connectivity index (χ1n) is 11.9. The Morgan fingerprint density at radius 3 is 3.00 bits per heavy atom. The minimum atomic E-state index is -0.227. The van der Waals surface area contributed by atoms with E-state index in [0.717, 1.165) is 50.9 Å². The van der Waals surface area contributed by atoms with Crippen molar-refractivity contribution in [2.75, 3.05) is 19.7 Å². The predicted molar refractivity (Wildman–Crippen MR) is 135 cm³/mol. The fraction of sp³-hybridized carbons (Fsp3) is 0.385. The predicted octanol–water partition coefficient (Wildman–Crippen LogP) is 3.41. The number of H-pyrrole nitrogens is 1. The third kappa shape index (κ3) is 3.38. The Kier molecular flexibility index (Phi) is 5.37. The fourth-order valence-corrected chi connectivity index (χ4v) is 6.50. The summed E-state index contributed by atoms with van der Waals surface area (Å²) >= 11 is 7.15. The van der Waals surface area contributed by atoms with E-state index in [1.807, 2.05) is 19.2 Å². The molecule has 2 saturated heterocycles. The Hall–Kier alpha value is -3.25. The number of hydrazine groups is 1. The summed E-state index contributed by atoms with van der Waals surface area (Å²) in [5.41, 5.74) is 8.12. The van der Waals surface area contributed by atoms with E-state index >= 15 is 0 Å². The highest BCUT2D eigenvalue weighted by atomic mass is 35.5. The molecule has 3 unspecified atom stereocenters. The molecule has 1 aromatic heterocycles. The molecule has 3 aliphatic heterocycles. The Morgan fingerprint density at radius 1 is 1.34 bits per heavy atom. The maximum absolute atomic E-state index is 12.1. The van der Waals surface area contributed by atoms with E-state index in [4.69, 9.17) is 22.2 Å². The zero-order valence-electron chi connectivity index (χ0n) is 19.7. The van der Waals surface area contributed by atoms with Crippen LogP contribution in [0.2, 0.25) is 5.02 Å². The van der Waals surface area contributed by atoms with Crippen LogP contribution in [0.5, 0.6) is 5.75 Å². The second-order valence-corrected chi connectivity index (χ2v) is 9.91. The highest BCUT2D eigenvalue weighted by Crippen LogP contribution is 2.48. The number of nitrogens with two attached hydrogens (primary N) is 1.